The van der Waals surface area contributed by atoms with Gasteiger partial charge < -0.3 is 10.2 Å². The molecule has 0 spiro atoms. The third kappa shape index (κ3) is 1.17. The van der Waals surface area contributed by atoms with Crippen molar-refractivity contribution in [1.29, 1.82) is 0 Å². The second-order valence-electron chi connectivity index (χ2n) is 2.87. The van der Waals surface area contributed by atoms with E-state index >= 15 is 0 Å². The molecule has 0 aliphatic rings. The largest absolute Gasteiger partial charge is 0.492 e. The van der Waals surface area contributed by atoms with E-state index in [1.165, 1.54) is 10.6 Å². The first-order valence-electron chi connectivity index (χ1n) is 3.87. The van der Waals surface area contributed by atoms with E-state index in [0.29, 0.717) is 5.69 Å². The summed E-state index contributed by atoms with van der Waals surface area (Å²) in [7, 11) is 0. The Morgan fingerprint density at radius 2 is 2.29 bits per heavy atom. The standard InChI is InChI=1S/C8H7N3O3/c1-4-3-11-6(7(12)9-4)2-5(10-11)8(13)14/h2-3H,1H3,(H,9,12)(H,13,14). The predicted octanol–water partition coefficient (Wildman–Crippen LogP) is 0.442. The molecule has 0 saturated carbocycles. The minimum atomic E-state index is -1.13. The molecule has 2 aromatic rings. The molecule has 0 aliphatic carbocycles. The van der Waals surface area contributed by atoms with E-state index in [4.69, 9.17) is 5.11 Å². The molecule has 2 heterocycles. The average Bonchev–Trinajstić information content (AvgIpc) is 2.47. The zero-order valence-electron chi connectivity index (χ0n) is 7.30. The van der Waals surface area contributed by atoms with Crippen molar-refractivity contribution in [3.05, 3.63) is 23.7 Å². The molecule has 6 nitrogen and oxygen atoms in total. The minimum Gasteiger partial charge on any atom is -0.492 e. The summed E-state index contributed by atoms with van der Waals surface area (Å²) in [4.78, 5) is 14.4. The van der Waals surface area contributed by atoms with Crippen molar-refractivity contribution in [2.45, 2.75) is 6.92 Å². The summed E-state index contributed by atoms with van der Waals surface area (Å²) < 4.78 is 1.29. The Kier molecular flexibility index (Phi) is 1.63. The monoisotopic (exact) mass is 193 g/mol. The quantitative estimate of drug-likeness (QED) is 0.686. The maximum Gasteiger partial charge on any atom is 0.356 e. The van der Waals surface area contributed by atoms with Crippen LogP contribution in [0.1, 0.15) is 16.2 Å². The van der Waals surface area contributed by atoms with E-state index < -0.39 is 5.97 Å². The van der Waals surface area contributed by atoms with Crippen LogP contribution in [0.4, 0.5) is 0 Å². The van der Waals surface area contributed by atoms with Gasteiger partial charge in [0.05, 0.1) is 11.9 Å². The van der Waals surface area contributed by atoms with Crippen LogP contribution in [0.25, 0.3) is 5.52 Å². The van der Waals surface area contributed by atoms with Gasteiger partial charge in [0.2, 0.25) is 5.88 Å². The van der Waals surface area contributed by atoms with Crippen molar-refractivity contribution >= 4 is 11.5 Å². The second-order valence-corrected chi connectivity index (χ2v) is 2.87. The predicted molar refractivity (Wildman–Crippen MR) is 46.3 cm³/mol. The van der Waals surface area contributed by atoms with Crippen molar-refractivity contribution < 1.29 is 15.0 Å². The van der Waals surface area contributed by atoms with Gasteiger partial charge in [0.1, 0.15) is 5.52 Å². The Morgan fingerprint density at radius 1 is 1.57 bits per heavy atom. The van der Waals surface area contributed by atoms with Gasteiger partial charge in [-0.25, -0.2) is 14.3 Å². The Labute approximate surface area is 78.4 Å². The number of hydrogen-bond acceptors (Lipinski definition) is 4. The highest BCUT2D eigenvalue weighted by molar-refractivity contribution is 5.87. The molecule has 0 unspecified atom stereocenters. The van der Waals surface area contributed by atoms with Crippen LogP contribution in [0.3, 0.4) is 0 Å². The average molecular weight is 193 g/mol. The van der Waals surface area contributed by atoms with Crippen molar-refractivity contribution in [2.24, 2.45) is 0 Å². The summed E-state index contributed by atoms with van der Waals surface area (Å²) in [5, 5.41) is 21.8. The second kappa shape index (κ2) is 2.69. The number of aryl methyl sites for hydroxylation is 1. The number of carbonyl (C=O) groups is 1. The highest BCUT2D eigenvalue weighted by Gasteiger charge is 2.12. The maximum absolute atomic E-state index is 10.6. The number of fused-ring (bicyclic) bond motifs is 1. The van der Waals surface area contributed by atoms with E-state index in [2.05, 4.69) is 10.1 Å². The van der Waals surface area contributed by atoms with Crippen LogP contribution in [0, 0.1) is 6.92 Å². The van der Waals surface area contributed by atoms with Crippen LogP contribution in [0.2, 0.25) is 0 Å². The van der Waals surface area contributed by atoms with E-state index in [1.807, 2.05) is 0 Å². The van der Waals surface area contributed by atoms with Crippen molar-refractivity contribution in [3.8, 4) is 5.88 Å². The fraction of sp³-hybridized carbons (Fsp3) is 0.125. The molecule has 0 saturated heterocycles. The molecule has 2 aromatic heterocycles. The number of carboxylic acid groups (broad SMARTS) is 1. The van der Waals surface area contributed by atoms with Gasteiger partial charge in [0, 0.05) is 6.07 Å². The Bertz CT molecular complexity index is 518. The summed E-state index contributed by atoms with van der Waals surface area (Å²) in [6.45, 7) is 1.68. The van der Waals surface area contributed by atoms with E-state index in [0.717, 1.165) is 0 Å². The van der Waals surface area contributed by atoms with Crippen LogP contribution in [0.15, 0.2) is 12.3 Å². The molecule has 0 aromatic carbocycles. The molecule has 0 radical (unpaired) electrons. The fourth-order valence-electron chi connectivity index (χ4n) is 1.19. The van der Waals surface area contributed by atoms with Crippen molar-refractivity contribution in [2.75, 3.05) is 0 Å². The number of aromatic nitrogens is 3. The zero-order valence-corrected chi connectivity index (χ0v) is 7.30. The highest BCUT2D eigenvalue weighted by atomic mass is 16.4. The molecule has 14 heavy (non-hydrogen) atoms. The first kappa shape index (κ1) is 8.49. The minimum absolute atomic E-state index is 0.118. The smallest absolute Gasteiger partial charge is 0.356 e. The van der Waals surface area contributed by atoms with E-state index in [-0.39, 0.29) is 17.1 Å². The molecule has 0 atom stereocenters. The molecule has 0 amide bonds. The molecule has 0 bridgehead atoms. The number of aromatic carboxylic acids is 1. The first-order valence-corrected chi connectivity index (χ1v) is 3.87. The summed E-state index contributed by atoms with van der Waals surface area (Å²) >= 11 is 0. The molecule has 2 rings (SSSR count). The molecule has 6 heteroatoms. The summed E-state index contributed by atoms with van der Waals surface area (Å²) in [6.07, 6.45) is 1.54. The van der Waals surface area contributed by atoms with Crippen molar-refractivity contribution in [1.82, 2.24) is 14.6 Å². The van der Waals surface area contributed by atoms with Gasteiger partial charge in [-0.2, -0.15) is 5.10 Å². The number of rotatable bonds is 1. The highest BCUT2D eigenvalue weighted by Crippen LogP contribution is 2.16. The molecule has 0 aliphatic heterocycles. The lowest BCUT2D eigenvalue weighted by atomic mass is 10.4. The third-order valence-electron chi connectivity index (χ3n) is 1.78. The summed E-state index contributed by atoms with van der Waals surface area (Å²) in [5.41, 5.74) is 0.732. The molecule has 2 N–H and O–H groups in total. The van der Waals surface area contributed by atoms with Crippen LogP contribution in [-0.2, 0) is 0 Å². The van der Waals surface area contributed by atoms with Gasteiger partial charge in [-0.15, -0.1) is 0 Å². The number of nitrogens with zero attached hydrogens (tertiary/aromatic N) is 3. The van der Waals surface area contributed by atoms with Gasteiger partial charge >= 0.3 is 5.97 Å². The Balaban J connectivity index is 2.76. The number of aromatic hydroxyl groups is 1. The first-order chi connectivity index (χ1) is 6.58. The zero-order chi connectivity index (χ0) is 10.3. The normalized spacial score (nSPS) is 10.6. The molecule has 0 fully saturated rings. The van der Waals surface area contributed by atoms with Crippen LogP contribution in [0.5, 0.6) is 5.88 Å². The van der Waals surface area contributed by atoms with Crippen LogP contribution in [-0.4, -0.2) is 30.8 Å². The number of carboxylic acids is 1. The lowest BCUT2D eigenvalue weighted by Gasteiger charge is -1.96. The molecule has 72 valence electrons. The van der Waals surface area contributed by atoms with E-state index in [9.17, 15) is 9.90 Å². The Hall–Kier alpha value is -2.11. The lowest BCUT2D eigenvalue weighted by Crippen LogP contribution is -1.97. The van der Waals surface area contributed by atoms with Crippen LogP contribution < -0.4 is 0 Å². The number of hydrogen-bond donors (Lipinski definition) is 2. The Morgan fingerprint density at radius 3 is 2.93 bits per heavy atom. The fourth-order valence-corrected chi connectivity index (χ4v) is 1.19. The van der Waals surface area contributed by atoms with E-state index in [1.54, 1.807) is 13.1 Å². The van der Waals surface area contributed by atoms with Crippen LogP contribution >= 0.6 is 0 Å². The lowest BCUT2D eigenvalue weighted by molar-refractivity contribution is 0.0690. The van der Waals surface area contributed by atoms with Crippen molar-refractivity contribution in [3.63, 3.8) is 0 Å². The SMILES string of the molecule is Cc1cn2nc(C(=O)O)cc2c(O)n1. The van der Waals surface area contributed by atoms with Gasteiger partial charge in [-0.1, -0.05) is 0 Å². The third-order valence-corrected chi connectivity index (χ3v) is 1.78. The summed E-state index contributed by atoms with van der Waals surface area (Å²) in [6, 6.07) is 1.27. The van der Waals surface area contributed by atoms with Gasteiger partial charge in [0.15, 0.2) is 5.69 Å². The molecular weight excluding hydrogens is 186 g/mol. The van der Waals surface area contributed by atoms with Gasteiger partial charge in [-0.05, 0) is 6.92 Å². The molecular formula is C8H7N3O3. The van der Waals surface area contributed by atoms with Gasteiger partial charge in [0.25, 0.3) is 0 Å². The topological polar surface area (TPSA) is 87.7 Å². The maximum atomic E-state index is 10.6. The summed E-state index contributed by atoms with van der Waals surface area (Å²) in [5.74, 6) is -1.35. The van der Waals surface area contributed by atoms with Gasteiger partial charge in [-0.3, -0.25) is 0 Å².